The van der Waals surface area contributed by atoms with Gasteiger partial charge in [0.15, 0.2) is 0 Å². The Morgan fingerprint density at radius 3 is 2.44 bits per heavy atom. The summed E-state index contributed by atoms with van der Waals surface area (Å²) in [5, 5.41) is 0.866. The molecule has 34 heavy (non-hydrogen) atoms. The number of halogens is 3. The monoisotopic (exact) mass is 473 g/mol. The van der Waals surface area contributed by atoms with Gasteiger partial charge in [0, 0.05) is 55.6 Å². The van der Waals surface area contributed by atoms with Crippen molar-refractivity contribution >= 4 is 22.9 Å². The Morgan fingerprint density at radius 1 is 1.03 bits per heavy atom. The third-order valence-electron chi connectivity index (χ3n) is 6.15. The molecule has 1 N–H and O–H groups in total. The minimum absolute atomic E-state index is 0.0164. The second-order valence-corrected chi connectivity index (χ2v) is 8.24. The van der Waals surface area contributed by atoms with E-state index in [1.807, 2.05) is 24.3 Å². The molecular formula is C25H26F3N3O3. The van der Waals surface area contributed by atoms with Gasteiger partial charge in [-0.25, -0.2) is 4.79 Å². The summed E-state index contributed by atoms with van der Waals surface area (Å²) in [5.74, 6) is -0.731. The predicted octanol–water partition coefficient (Wildman–Crippen LogP) is 5.01. The van der Waals surface area contributed by atoms with Gasteiger partial charge in [-0.05, 0) is 30.2 Å². The Hall–Kier alpha value is -3.49. The average Bonchev–Trinajstić information content (AvgIpc) is 3.26. The van der Waals surface area contributed by atoms with E-state index in [0.29, 0.717) is 31.7 Å². The van der Waals surface area contributed by atoms with Gasteiger partial charge in [0.2, 0.25) is 5.91 Å². The van der Waals surface area contributed by atoms with Gasteiger partial charge in [0.05, 0.1) is 12.2 Å². The fourth-order valence-corrected chi connectivity index (χ4v) is 4.38. The smallest absolute Gasteiger partial charge is 0.416 e. The molecule has 1 fully saturated rings. The summed E-state index contributed by atoms with van der Waals surface area (Å²) in [6.45, 7) is 3.41. The first kappa shape index (κ1) is 23.7. The van der Waals surface area contributed by atoms with E-state index in [1.54, 1.807) is 29.0 Å². The highest BCUT2D eigenvalue weighted by atomic mass is 19.4. The summed E-state index contributed by atoms with van der Waals surface area (Å²) in [6.07, 6.45) is -3.10. The van der Waals surface area contributed by atoms with Crippen molar-refractivity contribution in [2.45, 2.75) is 25.4 Å². The van der Waals surface area contributed by atoms with E-state index in [-0.39, 0.29) is 18.9 Å². The van der Waals surface area contributed by atoms with Crippen molar-refractivity contribution in [1.82, 2.24) is 14.8 Å². The molecule has 4 rings (SSSR count). The van der Waals surface area contributed by atoms with E-state index in [2.05, 4.69) is 4.98 Å². The van der Waals surface area contributed by atoms with Crippen molar-refractivity contribution in [3.8, 4) is 0 Å². The lowest BCUT2D eigenvalue weighted by atomic mass is 9.87. The highest BCUT2D eigenvalue weighted by molar-refractivity contribution is 5.86. The second-order valence-electron chi connectivity index (χ2n) is 8.24. The van der Waals surface area contributed by atoms with Crippen molar-refractivity contribution in [3.63, 3.8) is 0 Å². The average molecular weight is 473 g/mol. The van der Waals surface area contributed by atoms with Crippen LogP contribution in [0.5, 0.6) is 0 Å². The van der Waals surface area contributed by atoms with Gasteiger partial charge >= 0.3 is 12.3 Å². The fraction of sp³-hybridized carbons (Fsp3) is 0.360. The van der Waals surface area contributed by atoms with Gasteiger partial charge in [-0.2, -0.15) is 13.2 Å². The van der Waals surface area contributed by atoms with Gasteiger partial charge in [0.25, 0.3) is 0 Å². The standard InChI is InChI=1S/C25H26F3N3O3/c1-2-34-24(33)31-12-10-30(11-13-31)23(32)15-20(17-6-5-7-18(14-17)25(26,27)28)21-16-29-22-9-4-3-8-19(21)22/h3-9,14,16,20,29H,2,10-13,15H2,1H3. The molecule has 180 valence electrons. The first-order valence-corrected chi connectivity index (χ1v) is 11.2. The van der Waals surface area contributed by atoms with Crippen molar-refractivity contribution in [2.75, 3.05) is 32.8 Å². The lowest BCUT2D eigenvalue weighted by Crippen LogP contribution is -2.50. The highest BCUT2D eigenvalue weighted by Crippen LogP contribution is 2.37. The zero-order chi connectivity index (χ0) is 24.3. The van der Waals surface area contributed by atoms with Crippen LogP contribution in [0.2, 0.25) is 0 Å². The molecular weight excluding hydrogens is 447 g/mol. The summed E-state index contributed by atoms with van der Waals surface area (Å²) < 4.78 is 45.3. The van der Waals surface area contributed by atoms with Crippen molar-refractivity contribution in [3.05, 3.63) is 71.4 Å². The van der Waals surface area contributed by atoms with Crippen LogP contribution in [-0.2, 0) is 15.7 Å². The van der Waals surface area contributed by atoms with Crippen LogP contribution in [-0.4, -0.2) is 59.6 Å². The Labute approximate surface area is 195 Å². The molecule has 6 nitrogen and oxygen atoms in total. The first-order chi connectivity index (χ1) is 16.3. The molecule has 0 aliphatic carbocycles. The van der Waals surface area contributed by atoms with Gasteiger partial charge in [-0.15, -0.1) is 0 Å². The molecule has 1 saturated heterocycles. The Kier molecular flexibility index (Phi) is 6.81. The van der Waals surface area contributed by atoms with Crippen LogP contribution >= 0.6 is 0 Å². The quantitative estimate of drug-likeness (QED) is 0.567. The molecule has 1 aliphatic rings. The summed E-state index contributed by atoms with van der Waals surface area (Å²) in [7, 11) is 0. The van der Waals surface area contributed by atoms with Crippen LogP contribution < -0.4 is 0 Å². The van der Waals surface area contributed by atoms with Gasteiger partial charge in [0.1, 0.15) is 0 Å². The van der Waals surface area contributed by atoms with Gasteiger partial charge in [-0.1, -0.05) is 36.4 Å². The Bertz CT molecular complexity index is 1170. The van der Waals surface area contributed by atoms with Crippen LogP contribution in [0, 0.1) is 0 Å². The predicted molar refractivity (Wildman–Crippen MR) is 121 cm³/mol. The van der Waals surface area contributed by atoms with Crippen LogP contribution in [0.25, 0.3) is 10.9 Å². The fourth-order valence-electron chi connectivity index (χ4n) is 4.38. The number of carbonyl (C=O) groups excluding carboxylic acids is 2. The first-order valence-electron chi connectivity index (χ1n) is 11.2. The number of hydrogen-bond acceptors (Lipinski definition) is 3. The maximum atomic E-state index is 13.4. The summed E-state index contributed by atoms with van der Waals surface area (Å²) in [6, 6.07) is 12.7. The number of rotatable bonds is 5. The number of nitrogens with one attached hydrogen (secondary N) is 1. The largest absolute Gasteiger partial charge is 0.450 e. The zero-order valence-corrected chi connectivity index (χ0v) is 18.8. The van der Waals surface area contributed by atoms with E-state index in [1.165, 1.54) is 6.07 Å². The summed E-state index contributed by atoms with van der Waals surface area (Å²) in [4.78, 5) is 31.6. The normalized spacial score (nSPS) is 15.4. The third-order valence-corrected chi connectivity index (χ3v) is 6.15. The van der Waals surface area contributed by atoms with Crippen LogP contribution in [0.3, 0.4) is 0 Å². The number of para-hydroxylation sites is 1. The molecule has 1 unspecified atom stereocenters. The number of alkyl halides is 3. The maximum absolute atomic E-state index is 13.4. The molecule has 1 aliphatic heterocycles. The van der Waals surface area contributed by atoms with Crippen LogP contribution in [0.1, 0.15) is 36.0 Å². The summed E-state index contributed by atoms with van der Waals surface area (Å²) >= 11 is 0. The van der Waals surface area contributed by atoms with Crippen LogP contribution in [0.15, 0.2) is 54.7 Å². The number of piperazine rings is 1. The third kappa shape index (κ3) is 5.03. The minimum Gasteiger partial charge on any atom is -0.450 e. The van der Waals surface area contributed by atoms with E-state index >= 15 is 0 Å². The SMILES string of the molecule is CCOC(=O)N1CCN(C(=O)CC(c2cccc(C(F)(F)F)c2)c2c[nH]c3ccccc23)CC1. The molecule has 3 aromatic rings. The highest BCUT2D eigenvalue weighted by Gasteiger charge is 2.33. The van der Waals surface area contributed by atoms with Crippen LogP contribution in [0.4, 0.5) is 18.0 Å². The number of aromatic nitrogens is 1. The van der Waals surface area contributed by atoms with E-state index < -0.39 is 23.8 Å². The molecule has 0 radical (unpaired) electrons. The molecule has 9 heteroatoms. The molecule has 0 bridgehead atoms. The molecule has 1 aromatic heterocycles. The van der Waals surface area contributed by atoms with Crippen molar-refractivity contribution in [1.29, 1.82) is 0 Å². The number of carbonyl (C=O) groups is 2. The molecule has 1 atom stereocenters. The van der Waals surface area contributed by atoms with Crippen molar-refractivity contribution in [2.24, 2.45) is 0 Å². The topological polar surface area (TPSA) is 65.6 Å². The number of H-pyrrole nitrogens is 1. The van der Waals surface area contributed by atoms with Crippen molar-refractivity contribution < 1.29 is 27.5 Å². The minimum atomic E-state index is -4.48. The number of aromatic amines is 1. The van der Waals surface area contributed by atoms with Gasteiger partial charge in [-0.3, -0.25) is 4.79 Å². The lowest BCUT2D eigenvalue weighted by molar-refractivity contribution is -0.137. The lowest BCUT2D eigenvalue weighted by Gasteiger charge is -2.34. The molecule has 0 spiro atoms. The second kappa shape index (κ2) is 9.79. The van der Waals surface area contributed by atoms with Gasteiger partial charge < -0.3 is 19.5 Å². The van der Waals surface area contributed by atoms with E-state index in [4.69, 9.17) is 4.74 Å². The zero-order valence-electron chi connectivity index (χ0n) is 18.8. The molecule has 2 amide bonds. The van der Waals surface area contributed by atoms with E-state index in [9.17, 15) is 22.8 Å². The number of amides is 2. The molecule has 2 aromatic carbocycles. The number of nitrogens with zero attached hydrogens (tertiary/aromatic N) is 2. The number of hydrogen-bond donors (Lipinski definition) is 1. The maximum Gasteiger partial charge on any atom is 0.416 e. The Morgan fingerprint density at radius 2 is 1.74 bits per heavy atom. The molecule has 2 heterocycles. The summed E-state index contributed by atoms with van der Waals surface area (Å²) in [5.41, 5.74) is 1.31. The molecule has 0 saturated carbocycles. The number of ether oxygens (including phenoxy) is 1. The number of benzene rings is 2. The Balaban J connectivity index is 1.60. The van der Waals surface area contributed by atoms with E-state index in [0.717, 1.165) is 28.6 Å². The number of fused-ring (bicyclic) bond motifs is 1.